The lowest BCUT2D eigenvalue weighted by atomic mass is 10.2. The number of aryl methyl sites for hydroxylation is 2. The molecular formula is C18H22N6O2. The zero-order chi connectivity index (χ0) is 18.7. The van der Waals surface area contributed by atoms with E-state index >= 15 is 0 Å². The molecule has 0 amide bonds. The zero-order valence-electron chi connectivity index (χ0n) is 15.4. The van der Waals surface area contributed by atoms with Gasteiger partial charge in [0.1, 0.15) is 5.82 Å². The van der Waals surface area contributed by atoms with Gasteiger partial charge in [0.25, 0.3) is 0 Å². The maximum Gasteiger partial charge on any atom is 0.307 e. The molecule has 1 N–H and O–H groups in total. The van der Waals surface area contributed by atoms with Crippen LogP contribution in [0.1, 0.15) is 26.0 Å². The summed E-state index contributed by atoms with van der Waals surface area (Å²) in [5.74, 6) is 0.994. The molecule has 0 aliphatic heterocycles. The second-order valence-corrected chi connectivity index (χ2v) is 6.09. The first kappa shape index (κ1) is 17.8. The van der Waals surface area contributed by atoms with Crippen molar-refractivity contribution in [3.63, 3.8) is 0 Å². The van der Waals surface area contributed by atoms with Crippen LogP contribution in [0.3, 0.4) is 0 Å². The van der Waals surface area contributed by atoms with Gasteiger partial charge in [-0.2, -0.15) is 5.10 Å². The maximum atomic E-state index is 11.7. The van der Waals surface area contributed by atoms with E-state index in [1.165, 1.54) is 0 Å². The van der Waals surface area contributed by atoms with Crippen molar-refractivity contribution in [3.05, 3.63) is 30.2 Å². The molecule has 0 radical (unpaired) electrons. The SMILES string of the molecule is CCOC(=O)C[C@H](C)Nc1nc(-c2ccncc2)nc2c1c(C)nn2C. The summed E-state index contributed by atoms with van der Waals surface area (Å²) in [6, 6.07) is 3.57. The van der Waals surface area contributed by atoms with Crippen molar-refractivity contribution >= 4 is 22.8 Å². The van der Waals surface area contributed by atoms with Crippen molar-refractivity contribution < 1.29 is 9.53 Å². The third kappa shape index (κ3) is 3.63. The molecular weight excluding hydrogens is 332 g/mol. The topological polar surface area (TPSA) is 94.8 Å². The minimum absolute atomic E-state index is 0.142. The Balaban J connectivity index is 2.01. The fourth-order valence-corrected chi connectivity index (χ4v) is 2.83. The lowest BCUT2D eigenvalue weighted by Gasteiger charge is -2.15. The number of nitrogens with zero attached hydrogens (tertiary/aromatic N) is 5. The number of aromatic nitrogens is 5. The third-order valence-electron chi connectivity index (χ3n) is 3.96. The van der Waals surface area contributed by atoms with Gasteiger partial charge in [-0.1, -0.05) is 0 Å². The Bertz CT molecular complexity index is 922. The van der Waals surface area contributed by atoms with E-state index in [2.05, 4.69) is 25.4 Å². The largest absolute Gasteiger partial charge is 0.466 e. The van der Waals surface area contributed by atoms with Crippen LogP contribution in [0.5, 0.6) is 0 Å². The van der Waals surface area contributed by atoms with Gasteiger partial charge in [0.15, 0.2) is 11.5 Å². The molecule has 0 fully saturated rings. The fraction of sp³-hybridized carbons (Fsp3) is 0.389. The van der Waals surface area contributed by atoms with Gasteiger partial charge < -0.3 is 10.1 Å². The van der Waals surface area contributed by atoms with Crippen LogP contribution in [0.15, 0.2) is 24.5 Å². The van der Waals surface area contributed by atoms with Crippen molar-refractivity contribution in [2.75, 3.05) is 11.9 Å². The summed E-state index contributed by atoms with van der Waals surface area (Å²) >= 11 is 0. The van der Waals surface area contributed by atoms with Crippen LogP contribution in [-0.2, 0) is 16.6 Å². The molecule has 3 rings (SSSR count). The molecule has 8 nitrogen and oxygen atoms in total. The van der Waals surface area contributed by atoms with Crippen LogP contribution in [0.4, 0.5) is 5.82 Å². The van der Waals surface area contributed by atoms with E-state index in [1.54, 1.807) is 24.0 Å². The minimum Gasteiger partial charge on any atom is -0.466 e. The average Bonchev–Trinajstić information content (AvgIpc) is 2.90. The Morgan fingerprint density at radius 2 is 2.04 bits per heavy atom. The van der Waals surface area contributed by atoms with Gasteiger partial charge in [-0.3, -0.25) is 14.5 Å². The number of hydrogen-bond donors (Lipinski definition) is 1. The van der Waals surface area contributed by atoms with Crippen LogP contribution in [0.25, 0.3) is 22.4 Å². The van der Waals surface area contributed by atoms with E-state index in [1.807, 2.05) is 33.0 Å². The number of pyridine rings is 1. The van der Waals surface area contributed by atoms with E-state index in [0.29, 0.717) is 18.2 Å². The van der Waals surface area contributed by atoms with Crippen molar-refractivity contribution in [2.24, 2.45) is 7.05 Å². The smallest absolute Gasteiger partial charge is 0.307 e. The lowest BCUT2D eigenvalue weighted by molar-refractivity contribution is -0.143. The standard InChI is InChI=1S/C18H22N6O2/c1-5-26-14(25)10-11(2)20-17-15-12(3)23-24(4)18(15)22-16(21-17)13-6-8-19-9-7-13/h6-9,11H,5,10H2,1-4H3,(H,20,21,22)/t11-/m0/s1. The van der Waals surface area contributed by atoms with Gasteiger partial charge in [-0.25, -0.2) is 9.97 Å². The van der Waals surface area contributed by atoms with Crippen molar-refractivity contribution in [2.45, 2.75) is 33.2 Å². The van der Waals surface area contributed by atoms with Crippen LogP contribution < -0.4 is 5.32 Å². The molecule has 0 aromatic carbocycles. The maximum absolute atomic E-state index is 11.7. The highest BCUT2D eigenvalue weighted by Gasteiger charge is 2.18. The predicted molar refractivity (Wildman–Crippen MR) is 98.6 cm³/mol. The van der Waals surface area contributed by atoms with Gasteiger partial charge >= 0.3 is 5.97 Å². The van der Waals surface area contributed by atoms with Crippen LogP contribution in [-0.4, -0.2) is 43.4 Å². The number of anilines is 1. The molecule has 3 aromatic rings. The van der Waals surface area contributed by atoms with Crippen molar-refractivity contribution in [3.8, 4) is 11.4 Å². The molecule has 3 aromatic heterocycles. The molecule has 8 heteroatoms. The number of esters is 1. The molecule has 0 spiro atoms. The first-order chi connectivity index (χ1) is 12.5. The van der Waals surface area contributed by atoms with Gasteiger partial charge in [0, 0.05) is 31.0 Å². The second kappa shape index (κ2) is 7.47. The summed E-state index contributed by atoms with van der Waals surface area (Å²) in [5.41, 5.74) is 2.42. The molecule has 136 valence electrons. The molecule has 0 saturated carbocycles. The van der Waals surface area contributed by atoms with Gasteiger partial charge in [-0.05, 0) is 32.9 Å². The van der Waals surface area contributed by atoms with Gasteiger partial charge in [0.2, 0.25) is 0 Å². The summed E-state index contributed by atoms with van der Waals surface area (Å²) in [5, 5.41) is 8.62. The normalized spacial score (nSPS) is 12.2. The number of ether oxygens (including phenoxy) is 1. The van der Waals surface area contributed by atoms with Gasteiger partial charge in [-0.15, -0.1) is 0 Å². The summed E-state index contributed by atoms with van der Waals surface area (Å²) < 4.78 is 6.76. The van der Waals surface area contributed by atoms with Crippen molar-refractivity contribution in [1.29, 1.82) is 0 Å². The van der Waals surface area contributed by atoms with Gasteiger partial charge in [0.05, 0.1) is 24.1 Å². The Kier molecular flexibility index (Phi) is 5.11. The monoisotopic (exact) mass is 354 g/mol. The molecule has 0 saturated heterocycles. The molecule has 3 heterocycles. The molecule has 0 aliphatic carbocycles. The summed E-state index contributed by atoms with van der Waals surface area (Å²) in [4.78, 5) is 25.1. The number of carbonyl (C=O) groups is 1. The van der Waals surface area contributed by atoms with Crippen LogP contribution in [0.2, 0.25) is 0 Å². The lowest BCUT2D eigenvalue weighted by Crippen LogP contribution is -2.22. The van der Waals surface area contributed by atoms with Crippen molar-refractivity contribution in [1.82, 2.24) is 24.7 Å². The molecule has 26 heavy (non-hydrogen) atoms. The Labute approximate surface area is 151 Å². The molecule has 0 unspecified atom stereocenters. The average molecular weight is 354 g/mol. The highest BCUT2D eigenvalue weighted by Crippen LogP contribution is 2.27. The number of rotatable bonds is 6. The molecule has 0 aliphatic rings. The number of carbonyl (C=O) groups excluding carboxylic acids is 1. The molecule has 1 atom stereocenters. The summed E-state index contributed by atoms with van der Waals surface area (Å²) in [6.45, 7) is 6.00. The van der Waals surface area contributed by atoms with E-state index in [-0.39, 0.29) is 18.4 Å². The number of hydrogen-bond acceptors (Lipinski definition) is 7. The Morgan fingerprint density at radius 1 is 1.31 bits per heavy atom. The second-order valence-electron chi connectivity index (χ2n) is 6.09. The van der Waals surface area contributed by atoms with E-state index in [4.69, 9.17) is 4.74 Å². The summed E-state index contributed by atoms with van der Waals surface area (Å²) in [7, 11) is 1.85. The zero-order valence-corrected chi connectivity index (χ0v) is 15.4. The van der Waals surface area contributed by atoms with Crippen LogP contribution >= 0.6 is 0 Å². The third-order valence-corrected chi connectivity index (χ3v) is 3.96. The van der Waals surface area contributed by atoms with E-state index in [0.717, 1.165) is 22.3 Å². The Morgan fingerprint density at radius 3 is 2.73 bits per heavy atom. The predicted octanol–water partition coefficient (Wildman–Crippen LogP) is 2.49. The van der Waals surface area contributed by atoms with Crippen LogP contribution in [0, 0.1) is 6.92 Å². The number of nitrogens with one attached hydrogen (secondary N) is 1. The molecule has 0 bridgehead atoms. The quantitative estimate of drug-likeness (QED) is 0.680. The first-order valence-electron chi connectivity index (χ1n) is 8.53. The highest BCUT2D eigenvalue weighted by molar-refractivity contribution is 5.91. The summed E-state index contributed by atoms with van der Waals surface area (Å²) in [6.07, 6.45) is 3.66. The van der Waals surface area contributed by atoms with E-state index < -0.39 is 0 Å². The van der Waals surface area contributed by atoms with E-state index in [9.17, 15) is 4.79 Å². The first-order valence-corrected chi connectivity index (χ1v) is 8.53. The number of fused-ring (bicyclic) bond motifs is 1. The fourth-order valence-electron chi connectivity index (χ4n) is 2.83. The minimum atomic E-state index is -0.241. The highest BCUT2D eigenvalue weighted by atomic mass is 16.5. The Hall–Kier alpha value is -3.03.